The molecule has 128 valence electrons. The third-order valence-corrected chi connectivity index (χ3v) is 3.72. The molecular weight excluding hydrogens is 318 g/mol. The Labute approximate surface area is 144 Å². The van der Waals surface area contributed by atoms with E-state index in [4.69, 9.17) is 0 Å². The maximum Gasteiger partial charge on any atom is 0.274 e. The smallest absolute Gasteiger partial charge is 0.274 e. The molecule has 0 fully saturated rings. The standard InChI is InChI=1S/C18H19N5O2/c1-18(2,3)15-16(25)20-17(23-21-15)22-19-10-13-12-7-5-4-6-11(12)8-9-14(13)24/h4-10,24H,1-3H3,(H2,20,22,23,25)/b19-10-. The lowest BCUT2D eigenvalue weighted by molar-refractivity contribution is 0.475. The average molecular weight is 337 g/mol. The molecule has 0 aliphatic rings. The van der Waals surface area contributed by atoms with Crippen molar-refractivity contribution in [2.75, 3.05) is 5.43 Å². The van der Waals surface area contributed by atoms with E-state index in [1.165, 1.54) is 6.21 Å². The zero-order valence-corrected chi connectivity index (χ0v) is 14.2. The van der Waals surface area contributed by atoms with Crippen molar-refractivity contribution in [2.24, 2.45) is 5.10 Å². The van der Waals surface area contributed by atoms with Crippen LogP contribution in [0.5, 0.6) is 5.75 Å². The van der Waals surface area contributed by atoms with Crippen LogP contribution in [-0.4, -0.2) is 26.5 Å². The Morgan fingerprint density at radius 2 is 1.92 bits per heavy atom. The first kappa shape index (κ1) is 16.6. The predicted octanol–water partition coefficient (Wildman–Crippen LogP) is 2.77. The van der Waals surface area contributed by atoms with Gasteiger partial charge in [0.25, 0.3) is 5.56 Å². The molecule has 0 unspecified atom stereocenters. The Morgan fingerprint density at radius 1 is 1.16 bits per heavy atom. The monoisotopic (exact) mass is 337 g/mol. The van der Waals surface area contributed by atoms with Gasteiger partial charge in [0, 0.05) is 11.0 Å². The van der Waals surface area contributed by atoms with Crippen molar-refractivity contribution in [2.45, 2.75) is 26.2 Å². The number of phenols is 1. The number of anilines is 1. The number of hydrogen-bond acceptors (Lipinski definition) is 6. The SMILES string of the molecule is CC(C)(C)c1nnc(N/N=C\c2c(O)ccc3ccccc23)[nH]c1=O. The van der Waals surface area contributed by atoms with Crippen LogP contribution in [0.4, 0.5) is 5.95 Å². The molecule has 0 aliphatic carbocycles. The van der Waals surface area contributed by atoms with Crippen molar-refractivity contribution in [3.8, 4) is 5.75 Å². The molecule has 0 atom stereocenters. The van der Waals surface area contributed by atoms with Crippen LogP contribution in [0.2, 0.25) is 0 Å². The number of H-pyrrole nitrogens is 1. The summed E-state index contributed by atoms with van der Waals surface area (Å²) < 4.78 is 0. The summed E-state index contributed by atoms with van der Waals surface area (Å²) >= 11 is 0. The third-order valence-electron chi connectivity index (χ3n) is 3.72. The molecule has 1 aromatic heterocycles. The number of fused-ring (bicyclic) bond motifs is 1. The molecule has 0 saturated heterocycles. The van der Waals surface area contributed by atoms with Crippen LogP contribution in [0.3, 0.4) is 0 Å². The van der Waals surface area contributed by atoms with Crippen molar-refractivity contribution in [1.82, 2.24) is 15.2 Å². The maximum atomic E-state index is 12.1. The molecule has 0 radical (unpaired) electrons. The minimum Gasteiger partial charge on any atom is -0.507 e. The Kier molecular flexibility index (Phi) is 4.22. The van der Waals surface area contributed by atoms with Gasteiger partial charge in [-0.2, -0.15) is 5.10 Å². The summed E-state index contributed by atoms with van der Waals surface area (Å²) in [6.45, 7) is 5.67. The number of nitrogens with one attached hydrogen (secondary N) is 2. The largest absolute Gasteiger partial charge is 0.507 e. The van der Waals surface area contributed by atoms with E-state index in [0.717, 1.165) is 10.8 Å². The summed E-state index contributed by atoms with van der Waals surface area (Å²) in [6, 6.07) is 11.1. The van der Waals surface area contributed by atoms with Gasteiger partial charge in [-0.3, -0.25) is 9.78 Å². The lowest BCUT2D eigenvalue weighted by atomic mass is 9.93. The van der Waals surface area contributed by atoms with Crippen LogP contribution in [0.1, 0.15) is 32.0 Å². The highest BCUT2D eigenvalue weighted by Gasteiger charge is 2.20. The number of aromatic amines is 1. The number of hydrazone groups is 1. The van der Waals surface area contributed by atoms with Gasteiger partial charge in [0.1, 0.15) is 11.4 Å². The topological polar surface area (TPSA) is 103 Å². The maximum absolute atomic E-state index is 12.1. The number of nitrogens with zero attached hydrogens (tertiary/aromatic N) is 3. The molecule has 25 heavy (non-hydrogen) atoms. The fraction of sp³-hybridized carbons (Fsp3) is 0.222. The van der Waals surface area contributed by atoms with Crippen molar-refractivity contribution in [1.29, 1.82) is 0 Å². The third kappa shape index (κ3) is 3.50. The van der Waals surface area contributed by atoms with Gasteiger partial charge in [-0.1, -0.05) is 51.1 Å². The van der Waals surface area contributed by atoms with E-state index in [1.54, 1.807) is 6.07 Å². The summed E-state index contributed by atoms with van der Waals surface area (Å²) in [4.78, 5) is 14.7. The van der Waals surface area contributed by atoms with E-state index < -0.39 is 5.41 Å². The first-order chi connectivity index (χ1) is 11.9. The highest BCUT2D eigenvalue weighted by Crippen LogP contribution is 2.25. The van der Waals surface area contributed by atoms with E-state index in [9.17, 15) is 9.90 Å². The molecule has 0 spiro atoms. The number of aromatic hydroxyl groups is 1. The van der Waals surface area contributed by atoms with Gasteiger partial charge in [-0.05, 0) is 16.8 Å². The van der Waals surface area contributed by atoms with E-state index in [-0.39, 0.29) is 17.3 Å². The molecule has 3 N–H and O–H groups in total. The zero-order chi connectivity index (χ0) is 18.0. The van der Waals surface area contributed by atoms with E-state index in [0.29, 0.717) is 11.3 Å². The fourth-order valence-electron chi connectivity index (χ4n) is 2.46. The van der Waals surface area contributed by atoms with Crippen LogP contribution in [-0.2, 0) is 5.41 Å². The molecule has 7 nitrogen and oxygen atoms in total. The first-order valence-corrected chi connectivity index (χ1v) is 7.83. The minimum absolute atomic E-state index is 0.118. The van der Waals surface area contributed by atoms with E-state index in [1.807, 2.05) is 51.1 Å². The summed E-state index contributed by atoms with van der Waals surface area (Å²) in [7, 11) is 0. The second-order valence-corrected chi connectivity index (χ2v) is 6.69. The fourth-order valence-corrected chi connectivity index (χ4v) is 2.46. The van der Waals surface area contributed by atoms with E-state index >= 15 is 0 Å². The first-order valence-electron chi connectivity index (χ1n) is 7.83. The summed E-state index contributed by atoms with van der Waals surface area (Å²) in [5.74, 6) is 0.251. The van der Waals surface area contributed by atoms with E-state index in [2.05, 4.69) is 25.7 Å². The Morgan fingerprint density at radius 3 is 2.64 bits per heavy atom. The van der Waals surface area contributed by atoms with Gasteiger partial charge in [0.05, 0.1) is 6.21 Å². The Balaban J connectivity index is 1.86. The van der Waals surface area contributed by atoms with Crippen LogP contribution in [0, 0.1) is 0 Å². The predicted molar refractivity (Wildman–Crippen MR) is 98.2 cm³/mol. The quantitative estimate of drug-likeness (QED) is 0.504. The molecule has 1 heterocycles. The van der Waals surface area contributed by atoms with Crippen LogP contribution < -0.4 is 11.0 Å². The summed E-state index contributed by atoms with van der Waals surface area (Å²) in [5, 5.41) is 23.9. The van der Waals surface area contributed by atoms with Gasteiger partial charge in [-0.15, -0.1) is 10.2 Å². The van der Waals surface area contributed by atoms with Crippen molar-refractivity contribution in [3.63, 3.8) is 0 Å². The number of aromatic nitrogens is 3. The summed E-state index contributed by atoms with van der Waals surface area (Å²) in [5.41, 5.74) is 2.86. The van der Waals surface area contributed by atoms with Gasteiger partial charge >= 0.3 is 0 Å². The lowest BCUT2D eigenvalue weighted by Crippen LogP contribution is -2.28. The normalized spacial score (nSPS) is 12.0. The lowest BCUT2D eigenvalue weighted by Gasteiger charge is -2.15. The van der Waals surface area contributed by atoms with Crippen molar-refractivity contribution >= 4 is 22.9 Å². The molecule has 0 aliphatic heterocycles. The highest BCUT2D eigenvalue weighted by atomic mass is 16.3. The molecular formula is C18H19N5O2. The summed E-state index contributed by atoms with van der Waals surface area (Å²) in [6.07, 6.45) is 1.48. The average Bonchev–Trinajstić information content (AvgIpc) is 2.56. The van der Waals surface area contributed by atoms with Crippen LogP contribution >= 0.6 is 0 Å². The molecule has 0 bridgehead atoms. The van der Waals surface area contributed by atoms with Crippen LogP contribution in [0.25, 0.3) is 10.8 Å². The van der Waals surface area contributed by atoms with Gasteiger partial charge in [0.15, 0.2) is 0 Å². The second kappa shape index (κ2) is 6.35. The molecule has 3 aromatic rings. The van der Waals surface area contributed by atoms with Gasteiger partial charge in [0.2, 0.25) is 5.95 Å². The minimum atomic E-state index is -0.392. The van der Waals surface area contributed by atoms with Crippen LogP contribution in [0.15, 0.2) is 46.3 Å². The Bertz CT molecular complexity index is 1000. The van der Waals surface area contributed by atoms with Crippen molar-refractivity contribution in [3.05, 3.63) is 58.0 Å². The second-order valence-electron chi connectivity index (χ2n) is 6.69. The zero-order valence-electron chi connectivity index (χ0n) is 14.2. The number of benzene rings is 2. The number of rotatable bonds is 3. The Hall–Kier alpha value is -3.22. The number of hydrogen-bond donors (Lipinski definition) is 3. The molecule has 0 saturated carbocycles. The molecule has 2 aromatic carbocycles. The number of phenolic OH excluding ortho intramolecular Hbond substituents is 1. The van der Waals surface area contributed by atoms with Gasteiger partial charge in [-0.25, -0.2) is 5.43 Å². The van der Waals surface area contributed by atoms with Gasteiger partial charge < -0.3 is 5.11 Å². The molecule has 3 rings (SSSR count). The van der Waals surface area contributed by atoms with Crippen molar-refractivity contribution < 1.29 is 5.11 Å². The molecule has 0 amide bonds. The highest BCUT2D eigenvalue weighted by molar-refractivity contribution is 6.02. The molecule has 7 heteroatoms.